The summed E-state index contributed by atoms with van der Waals surface area (Å²) in [4.78, 5) is 8.76. The highest BCUT2D eigenvalue weighted by molar-refractivity contribution is 5.98. The molecule has 2 aliphatic carbocycles. The van der Waals surface area contributed by atoms with Crippen molar-refractivity contribution in [1.29, 1.82) is 5.26 Å². The van der Waals surface area contributed by atoms with E-state index < -0.39 is 5.41 Å². The first-order valence-electron chi connectivity index (χ1n) is 23.9. The Morgan fingerprint density at radius 3 is 1.24 bits per heavy atom. The minimum Gasteiger partial charge on any atom is -0.310 e. The fraction of sp³-hybridized carbons (Fsp3) is 0.206. The monoisotopic (exact) mass is 868 g/mol. The molecule has 2 aliphatic rings. The predicted molar refractivity (Wildman–Crippen MR) is 279 cm³/mol. The third kappa shape index (κ3) is 7.58. The zero-order chi connectivity index (χ0) is 46.4. The Hall–Kier alpha value is -7.66. The van der Waals surface area contributed by atoms with Crippen LogP contribution in [-0.2, 0) is 18.3 Å². The van der Waals surface area contributed by atoms with Gasteiger partial charge in [0.1, 0.15) is 0 Å². The SMILES string of the molecule is [C-]#[N+]c1ccc2c(c1)C1(c3cc(C#N)ccc3-2)c2cc(N(c3ccc(C)cc3)c3ccc(CC(C)CC)cc3)ccc2-c2ccc(N(c3ccc(C)cc3)c3ccc(CC(C)CC)cc3)cc21. The molecule has 0 saturated heterocycles. The van der Waals surface area contributed by atoms with Crippen molar-refractivity contribution in [1.82, 2.24) is 0 Å². The first-order chi connectivity index (χ1) is 32.6. The summed E-state index contributed by atoms with van der Waals surface area (Å²) in [5.41, 5.74) is 20.7. The minimum atomic E-state index is -0.840. The summed E-state index contributed by atoms with van der Waals surface area (Å²) in [6, 6.07) is 64.5. The lowest BCUT2D eigenvalue weighted by molar-refractivity contribution is 0.560. The van der Waals surface area contributed by atoms with Crippen LogP contribution < -0.4 is 9.80 Å². The Bertz CT molecular complexity index is 3000. The maximum atomic E-state index is 10.5. The molecule has 8 aromatic rings. The molecule has 2 unspecified atom stereocenters. The molecular formula is C63H56N4. The van der Waals surface area contributed by atoms with E-state index in [4.69, 9.17) is 6.57 Å². The van der Waals surface area contributed by atoms with Crippen LogP contribution in [0.2, 0.25) is 0 Å². The van der Waals surface area contributed by atoms with Gasteiger partial charge in [0.15, 0.2) is 5.69 Å². The van der Waals surface area contributed by atoms with E-state index in [0.717, 1.165) is 104 Å². The molecule has 0 aromatic heterocycles. The van der Waals surface area contributed by atoms with E-state index in [0.29, 0.717) is 23.1 Å². The normalized spacial score (nSPS) is 14.9. The average Bonchev–Trinajstić information content (AvgIpc) is 3.81. The molecule has 67 heavy (non-hydrogen) atoms. The fourth-order valence-corrected chi connectivity index (χ4v) is 10.5. The van der Waals surface area contributed by atoms with Crippen LogP contribution in [0.1, 0.15) is 90.6 Å². The van der Waals surface area contributed by atoms with Gasteiger partial charge in [0, 0.05) is 34.1 Å². The Labute approximate surface area is 397 Å². The third-order valence-corrected chi connectivity index (χ3v) is 14.5. The topological polar surface area (TPSA) is 34.6 Å². The van der Waals surface area contributed by atoms with Crippen molar-refractivity contribution in [3.8, 4) is 28.3 Å². The first kappa shape index (κ1) is 43.2. The van der Waals surface area contributed by atoms with Gasteiger partial charge in [0.05, 0.1) is 23.6 Å². The van der Waals surface area contributed by atoms with Crippen LogP contribution in [0, 0.1) is 43.6 Å². The van der Waals surface area contributed by atoms with Gasteiger partial charge in [0.25, 0.3) is 0 Å². The van der Waals surface area contributed by atoms with Crippen molar-refractivity contribution in [3.05, 3.63) is 231 Å². The lowest BCUT2D eigenvalue weighted by Gasteiger charge is -2.33. The molecule has 328 valence electrons. The number of rotatable bonds is 12. The second-order valence-corrected chi connectivity index (χ2v) is 19.0. The molecular weight excluding hydrogens is 813 g/mol. The molecule has 1 spiro atoms. The smallest absolute Gasteiger partial charge is 0.187 e. The minimum absolute atomic E-state index is 0.589. The molecule has 0 fully saturated rings. The highest BCUT2D eigenvalue weighted by Crippen LogP contribution is 2.64. The summed E-state index contributed by atoms with van der Waals surface area (Å²) in [6.07, 6.45) is 4.38. The summed E-state index contributed by atoms with van der Waals surface area (Å²) in [7, 11) is 0. The highest BCUT2D eigenvalue weighted by atomic mass is 15.1. The summed E-state index contributed by atoms with van der Waals surface area (Å²) >= 11 is 0. The van der Waals surface area contributed by atoms with E-state index >= 15 is 0 Å². The zero-order valence-corrected chi connectivity index (χ0v) is 39.4. The van der Waals surface area contributed by atoms with Crippen molar-refractivity contribution >= 4 is 39.8 Å². The maximum absolute atomic E-state index is 10.5. The molecule has 8 aromatic carbocycles. The first-order valence-corrected chi connectivity index (χ1v) is 23.9. The standard InChI is InChI=1S/C63H56N4/c1-8-41(3)34-45-14-24-51(25-15-45)66(49-20-10-43(5)11-21-49)53-28-32-57-58-33-29-54(67(50-22-12-44(6)13-23-50)52-26-16-46(17-27-52)35-42(4)9-2)39-62(58)63(61(57)38-53)59-36-47(40-64)18-30-55(59)56-31-19-48(65-7)37-60(56)63/h10-33,36-39,41-42H,8-9,34-35H2,1-6H3. The quantitative estimate of drug-likeness (QED) is 0.115. The van der Waals surface area contributed by atoms with Crippen LogP contribution in [0.25, 0.3) is 27.1 Å². The molecule has 0 bridgehead atoms. The maximum Gasteiger partial charge on any atom is 0.187 e. The van der Waals surface area contributed by atoms with Crippen molar-refractivity contribution in [2.75, 3.05) is 9.80 Å². The van der Waals surface area contributed by atoms with E-state index in [1.165, 1.54) is 22.3 Å². The van der Waals surface area contributed by atoms with Gasteiger partial charge in [-0.1, -0.05) is 137 Å². The Morgan fingerprint density at radius 2 is 0.836 bits per heavy atom. The lowest BCUT2D eigenvalue weighted by Crippen LogP contribution is -2.26. The van der Waals surface area contributed by atoms with Gasteiger partial charge in [-0.15, -0.1) is 0 Å². The lowest BCUT2D eigenvalue weighted by atomic mass is 9.70. The number of nitriles is 1. The van der Waals surface area contributed by atoms with E-state index in [1.54, 1.807) is 0 Å². The largest absolute Gasteiger partial charge is 0.310 e. The fourth-order valence-electron chi connectivity index (χ4n) is 10.5. The molecule has 0 aliphatic heterocycles. The van der Waals surface area contributed by atoms with Gasteiger partial charge in [0.2, 0.25) is 0 Å². The number of benzene rings is 8. The highest BCUT2D eigenvalue weighted by Gasteiger charge is 2.52. The van der Waals surface area contributed by atoms with Crippen LogP contribution in [-0.4, -0.2) is 0 Å². The van der Waals surface area contributed by atoms with Crippen molar-refractivity contribution in [2.45, 2.75) is 72.6 Å². The van der Waals surface area contributed by atoms with Crippen LogP contribution in [0.3, 0.4) is 0 Å². The van der Waals surface area contributed by atoms with E-state index in [-0.39, 0.29) is 0 Å². The molecule has 4 nitrogen and oxygen atoms in total. The second-order valence-electron chi connectivity index (χ2n) is 19.0. The number of anilines is 6. The summed E-state index contributed by atoms with van der Waals surface area (Å²) in [5, 5.41) is 10.5. The van der Waals surface area contributed by atoms with Gasteiger partial charge in [-0.05, 0) is 179 Å². The summed E-state index contributed by atoms with van der Waals surface area (Å²) < 4.78 is 0. The van der Waals surface area contributed by atoms with Gasteiger partial charge in [-0.3, -0.25) is 0 Å². The molecule has 0 N–H and O–H groups in total. The molecule has 0 heterocycles. The number of fused-ring (bicyclic) bond motifs is 10. The Balaban J connectivity index is 1.23. The Kier molecular flexibility index (Phi) is 11.4. The number of hydrogen-bond acceptors (Lipinski definition) is 3. The Morgan fingerprint density at radius 1 is 0.478 bits per heavy atom. The van der Waals surface area contributed by atoms with Crippen LogP contribution in [0.15, 0.2) is 170 Å². The van der Waals surface area contributed by atoms with E-state index in [2.05, 4.69) is 220 Å². The van der Waals surface area contributed by atoms with Crippen molar-refractivity contribution in [3.63, 3.8) is 0 Å². The molecule has 4 heteroatoms. The molecule has 2 atom stereocenters. The molecule has 0 saturated carbocycles. The number of hydrogen-bond donors (Lipinski definition) is 0. The third-order valence-electron chi connectivity index (χ3n) is 14.5. The number of nitrogens with zero attached hydrogens (tertiary/aromatic N) is 4. The van der Waals surface area contributed by atoms with Crippen LogP contribution >= 0.6 is 0 Å². The number of aryl methyl sites for hydroxylation is 2. The van der Waals surface area contributed by atoms with Gasteiger partial charge >= 0.3 is 0 Å². The van der Waals surface area contributed by atoms with E-state index in [9.17, 15) is 5.26 Å². The average molecular weight is 869 g/mol. The molecule has 0 radical (unpaired) electrons. The van der Waals surface area contributed by atoms with Gasteiger partial charge < -0.3 is 9.80 Å². The molecule has 0 amide bonds. The molecule has 10 rings (SSSR count). The van der Waals surface area contributed by atoms with Gasteiger partial charge in [-0.25, -0.2) is 4.85 Å². The van der Waals surface area contributed by atoms with Crippen LogP contribution in [0.5, 0.6) is 0 Å². The van der Waals surface area contributed by atoms with Crippen LogP contribution in [0.4, 0.5) is 39.8 Å². The predicted octanol–water partition coefficient (Wildman–Crippen LogP) is 17.2. The zero-order valence-electron chi connectivity index (χ0n) is 39.4. The van der Waals surface area contributed by atoms with Crippen molar-refractivity contribution < 1.29 is 0 Å². The summed E-state index contributed by atoms with van der Waals surface area (Å²) in [6.45, 7) is 21.7. The summed E-state index contributed by atoms with van der Waals surface area (Å²) in [5.74, 6) is 1.22. The van der Waals surface area contributed by atoms with E-state index in [1.807, 2.05) is 12.1 Å². The van der Waals surface area contributed by atoms with Gasteiger partial charge in [-0.2, -0.15) is 5.26 Å². The second kappa shape index (κ2) is 17.6. The van der Waals surface area contributed by atoms with Crippen molar-refractivity contribution in [2.24, 2.45) is 11.8 Å².